The number of ether oxygens (including phenoxy) is 2. The first kappa shape index (κ1) is 16.0. The van der Waals surface area contributed by atoms with Crippen molar-refractivity contribution in [2.24, 2.45) is 0 Å². The molecule has 0 aliphatic heterocycles. The minimum Gasteiger partial charge on any atom is -0.493 e. The zero-order valence-corrected chi connectivity index (χ0v) is 13.6. The first-order chi connectivity index (χ1) is 11.7. The third-order valence-electron chi connectivity index (χ3n) is 3.76. The van der Waals surface area contributed by atoms with E-state index < -0.39 is 0 Å². The lowest BCUT2D eigenvalue weighted by atomic mass is 10.1. The van der Waals surface area contributed by atoms with Crippen LogP contribution in [0.5, 0.6) is 11.5 Å². The summed E-state index contributed by atoms with van der Waals surface area (Å²) in [6.07, 6.45) is 2.94. The number of para-hydroxylation sites is 1. The van der Waals surface area contributed by atoms with Gasteiger partial charge in [-0.05, 0) is 36.6 Å². The molecule has 0 aliphatic carbocycles. The Labute approximate surface area is 139 Å². The summed E-state index contributed by atoms with van der Waals surface area (Å²) in [4.78, 5) is 0. The van der Waals surface area contributed by atoms with Crippen LogP contribution >= 0.6 is 0 Å². The Bertz CT molecular complexity index is 818. The van der Waals surface area contributed by atoms with Gasteiger partial charge in [0.05, 0.1) is 31.8 Å². The van der Waals surface area contributed by atoms with Crippen LogP contribution in [0.15, 0.2) is 48.7 Å². The minimum absolute atomic E-state index is 0.317. The average molecular weight is 327 g/mol. The molecule has 0 amide bonds. The molecule has 6 heteroatoms. The van der Waals surface area contributed by atoms with Crippen LogP contribution in [0.25, 0.3) is 5.69 Å². The summed E-state index contributed by atoms with van der Waals surface area (Å²) >= 11 is 0. The van der Waals surface area contributed by atoms with Crippen LogP contribution in [-0.2, 0) is 12.8 Å². The molecule has 0 saturated heterocycles. The van der Waals surface area contributed by atoms with Crippen molar-refractivity contribution >= 4 is 0 Å². The van der Waals surface area contributed by atoms with Gasteiger partial charge in [-0.25, -0.2) is 9.07 Å². The molecule has 0 bridgehead atoms. The number of rotatable bonds is 6. The van der Waals surface area contributed by atoms with Gasteiger partial charge >= 0.3 is 0 Å². The molecule has 0 saturated carbocycles. The molecule has 3 aromatic rings. The Morgan fingerprint density at radius 1 is 1.00 bits per heavy atom. The Morgan fingerprint density at radius 3 is 2.42 bits per heavy atom. The summed E-state index contributed by atoms with van der Waals surface area (Å²) in [5.41, 5.74) is 2.29. The van der Waals surface area contributed by atoms with Crippen LogP contribution in [0, 0.1) is 5.82 Å². The molecule has 1 heterocycles. The smallest absolute Gasteiger partial charge is 0.163 e. The molecule has 124 valence electrons. The van der Waals surface area contributed by atoms with Crippen LogP contribution in [0.3, 0.4) is 0 Å². The molecular formula is C18H18FN3O2. The van der Waals surface area contributed by atoms with E-state index in [0.29, 0.717) is 29.9 Å². The number of nitrogens with zero attached hydrogens (tertiary/aromatic N) is 3. The monoisotopic (exact) mass is 327 g/mol. The maximum atomic E-state index is 14.1. The predicted octanol–water partition coefficient (Wildman–Crippen LogP) is 3.21. The van der Waals surface area contributed by atoms with Crippen LogP contribution in [0.2, 0.25) is 0 Å². The van der Waals surface area contributed by atoms with Crippen molar-refractivity contribution in [3.05, 3.63) is 65.7 Å². The fourth-order valence-electron chi connectivity index (χ4n) is 2.47. The van der Waals surface area contributed by atoms with Crippen LogP contribution in [0.1, 0.15) is 11.3 Å². The highest BCUT2D eigenvalue weighted by molar-refractivity contribution is 5.44. The van der Waals surface area contributed by atoms with Gasteiger partial charge in [-0.15, -0.1) is 5.10 Å². The summed E-state index contributed by atoms with van der Waals surface area (Å²) in [5, 5.41) is 8.26. The van der Waals surface area contributed by atoms with E-state index in [1.165, 1.54) is 20.3 Å². The van der Waals surface area contributed by atoms with E-state index in [1.807, 2.05) is 36.5 Å². The maximum Gasteiger partial charge on any atom is 0.163 e. The lowest BCUT2D eigenvalue weighted by Gasteiger charge is -2.10. The minimum atomic E-state index is -0.317. The molecule has 24 heavy (non-hydrogen) atoms. The number of aryl methyl sites for hydroxylation is 2. The largest absolute Gasteiger partial charge is 0.493 e. The van der Waals surface area contributed by atoms with Crippen LogP contribution < -0.4 is 9.47 Å². The molecule has 1 aromatic heterocycles. The number of halogens is 1. The summed E-state index contributed by atoms with van der Waals surface area (Å²) in [7, 11) is 3.02. The third-order valence-corrected chi connectivity index (χ3v) is 3.76. The fourth-order valence-corrected chi connectivity index (χ4v) is 2.47. The van der Waals surface area contributed by atoms with Gasteiger partial charge in [0.1, 0.15) is 5.82 Å². The lowest BCUT2D eigenvalue weighted by molar-refractivity contribution is 0.351. The molecule has 2 aromatic carbocycles. The Hall–Kier alpha value is -2.89. The highest BCUT2D eigenvalue weighted by Crippen LogP contribution is 2.30. The molecule has 0 radical (unpaired) electrons. The van der Waals surface area contributed by atoms with Gasteiger partial charge in [0.25, 0.3) is 0 Å². The van der Waals surface area contributed by atoms with E-state index in [1.54, 1.807) is 10.7 Å². The number of aromatic nitrogens is 3. The number of hydrogen-bond donors (Lipinski definition) is 0. The second-order valence-electron chi connectivity index (χ2n) is 5.29. The summed E-state index contributed by atoms with van der Waals surface area (Å²) in [5.74, 6) is 0.582. The summed E-state index contributed by atoms with van der Waals surface area (Å²) in [6.45, 7) is 0. The molecule has 3 rings (SSSR count). The van der Waals surface area contributed by atoms with E-state index >= 15 is 0 Å². The van der Waals surface area contributed by atoms with Crippen molar-refractivity contribution in [2.75, 3.05) is 14.2 Å². The lowest BCUT2D eigenvalue weighted by Crippen LogP contribution is -1.99. The van der Waals surface area contributed by atoms with Gasteiger partial charge in [-0.2, -0.15) is 0 Å². The van der Waals surface area contributed by atoms with Crippen molar-refractivity contribution in [2.45, 2.75) is 12.8 Å². The summed E-state index contributed by atoms with van der Waals surface area (Å²) < 4.78 is 26.2. The van der Waals surface area contributed by atoms with Gasteiger partial charge in [-0.3, -0.25) is 0 Å². The second kappa shape index (κ2) is 7.12. The fraction of sp³-hybridized carbons (Fsp3) is 0.222. The first-order valence-electron chi connectivity index (χ1n) is 7.58. The molecule has 0 fully saturated rings. The zero-order valence-electron chi connectivity index (χ0n) is 13.6. The number of hydrogen-bond acceptors (Lipinski definition) is 4. The van der Waals surface area contributed by atoms with E-state index in [0.717, 1.165) is 11.4 Å². The Morgan fingerprint density at radius 2 is 1.71 bits per heavy atom. The van der Waals surface area contributed by atoms with Crippen LogP contribution in [-0.4, -0.2) is 29.2 Å². The molecule has 0 spiro atoms. The Kier molecular flexibility index (Phi) is 4.74. The van der Waals surface area contributed by atoms with Gasteiger partial charge in [0, 0.05) is 6.07 Å². The normalized spacial score (nSPS) is 10.6. The van der Waals surface area contributed by atoms with E-state index in [2.05, 4.69) is 10.3 Å². The van der Waals surface area contributed by atoms with E-state index in [9.17, 15) is 4.39 Å². The van der Waals surface area contributed by atoms with Gasteiger partial charge < -0.3 is 9.47 Å². The molecule has 0 N–H and O–H groups in total. The zero-order chi connectivity index (χ0) is 16.9. The average Bonchev–Trinajstić information content (AvgIpc) is 3.10. The summed E-state index contributed by atoms with van der Waals surface area (Å²) in [6, 6.07) is 12.7. The van der Waals surface area contributed by atoms with Crippen molar-refractivity contribution in [3.63, 3.8) is 0 Å². The first-order valence-corrected chi connectivity index (χ1v) is 7.58. The highest BCUT2D eigenvalue weighted by atomic mass is 19.1. The third kappa shape index (κ3) is 3.37. The molecule has 0 aliphatic rings. The van der Waals surface area contributed by atoms with Crippen molar-refractivity contribution in [3.8, 4) is 17.2 Å². The van der Waals surface area contributed by atoms with Gasteiger partial charge in [0.15, 0.2) is 11.5 Å². The molecule has 5 nitrogen and oxygen atoms in total. The van der Waals surface area contributed by atoms with Gasteiger partial charge in [0.2, 0.25) is 0 Å². The van der Waals surface area contributed by atoms with Crippen molar-refractivity contribution < 1.29 is 13.9 Å². The SMILES string of the molecule is COc1cc(F)c(CCc2cn(-c3ccccc3)nn2)cc1OC. The number of benzene rings is 2. The topological polar surface area (TPSA) is 49.2 Å². The molecular weight excluding hydrogens is 309 g/mol. The predicted molar refractivity (Wildman–Crippen MR) is 88.3 cm³/mol. The molecule has 0 atom stereocenters. The van der Waals surface area contributed by atoms with Crippen molar-refractivity contribution in [1.82, 2.24) is 15.0 Å². The second-order valence-corrected chi connectivity index (χ2v) is 5.29. The highest BCUT2D eigenvalue weighted by Gasteiger charge is 2.12. The Balaban J connectivity index is 1.73. The van der Waals surface area contributed by atoms with Gasteiger partial charge in [-0.1, -0.05) is 23.4 Å². The molecule has 0 unspecified atom stereocenters. The van der Waals surface area contributed by atoms with Crippen molar-refractivity contribution in [1.29, 1.82) is 0 Å². The maximum absolute atomic E-state index is 14.1. The quantitative estimate of drug-likeness (QED) is 0.697. The van der Waals surface area contributed by atoms with E-state index in [-0.39, 0.29) is 5.82 Å². The van der Waals surface area contributed by atoms with E-state index in [4.69, 9.17) is 9.47 Å². The standard InChI is InChI=1S/C18H18FN3O2/c1-23-17-10-13(16(19)11-18(17)24-2)8-9-14-12-22(21-20-14)15-6-4-3-5-7-15/h3-7,10-12H,8-9H2,1-2H3. The van der Waals surface area contributed by atoms with Crippen LogP contribution in [0.4, 0.5) is 4.39 Å². The number of methoxy groups -OCH3 is 2.